The van der Waals surface area contributed by atoms with Gasteiger partial charge in [-0.1, -0.05) is 6.07 Å². The van der Waals surface area contributed by atoms with Crippen LogP contribution in [-0.2, 0) is 17.8 Å². The van der Waals surface area contributed by atoms with E-state index in [2.05, 4.69) is 15.1 Å². The molecule has 1 unspecified atom stereocenters. The molecule has 10 heteroatoms. The Morgan fingerprint density at radius 3 is 2.76 bits per heavy atom. The van der Waals surface area contributed by atoms with Crippen molar-refractivity contribution in [2.24, 2.45) is 5.92 Å². The first-order valence-corrected chi connectivity index (χ1v) is 12.2. The highest BCUT2D eigenvalue weighted by atomic mass is 19.3. The predicted octanol–water partition coefficient (Wildman–Crippen LogP) is 4.28. The van der Waals surface area contributed by atoms with Crippen molar-refractivity contribution in [3.63, 3.8) is 0 Å². The lowest BCUT2D eigenvalue weighted by Crippen LogP contribution is -2.26. The molecule has 2 fully saturated rings. The number of aromatic nitrogens is 6. The summed E-state index contributed by atoms with van der Waals surface area (Å²) in [6, 6.07) is 5.82. The van der Waals surface area contributed by atoms with Gasteiger partial charge in [0.2, 0.25) is 0 Å². The van der Waals surface area contributed by atoms with Crippen molar-refractivity contribution in [3.05, 3.63) is 30.6 Å². The lowest BCUT2D eigenvalue weighted by molar-refractivity contribution is -0.0431. The monoisotopic (exact) mass is 471 g/mol. The highest BCUT2D eigenvalue weighted by molar-refractivity contribution is 5.60. The number of alkyl halides is 2. The summed E-state index contributed by atoms with van der Waals surface area (Å²) in [5, 5.41) is 9.07. The van der Waals surface area contributed by atoms with E-state index in [4.69, 9.17) is 14.7 Å². The Morgan fingerprint density at radius 2 is 2.00 bits per heavy atom. The smallest absolute Gasteiger partial charge is 0.252 e. The third-order valence-corrected chi connectivity index (χ3v) is 6.68. The molecule has 34 heavy (non-hydrogen) atoms. The molecule has 1 saturated carbocycles. The van der Waals surface area contributed by atoms with E-state index in [0.29, 0.717) is 49.9 Å². The fourth-order valence-corrected chi connectivity index (χ4v) is 4.80. The van der Waals surface area contributed by atoms with Crippen LogP contribution in [0.3, 0.4) is 0 Å². The molecule has 1 aliphatic carbocycles. The van der Waals surface area contributed by atoms with E-state index >= 15 is 0 Å². The summed E-state index contributed by atoms with van der Waals surface area (Å²) in [6.45, 7) is 5.84. The van der Waals surface area contributed by atoms with Crippen LogP contribution in [0.15, 0.2) is 30.6 Å². The zero-order valence-electron chi connectivity index (χ0n) is 19.5. The maximum atomic E-state index is 14.5. The number of halogens is 2. The maximum Gasteiger partial charge on any atom is 0.252 e. The van der Waals surface area contributed by atoms with E-state index in [1.54, 1.807) is 15.6 Å². The van der Waals surface area contributed by atoms with Crippen LogP contribution in [0.5, 0.6) is 0 Å². The number of anilines is 1. The molecule has 1 saturated heterocycles. The zero-order chi connectivity index (χ0) is 23.5. The van der Waals surface area contributed by atoms with E-state index in [9.17, 15) is 8.78 Å². The van der Waals surface area contributed by atoms with E-state index in [-0.39, 0.29) is 13.0 Å². The van der Waals surface area contributed by atoms with Crippen LogP contribution in [0.25, 0.3) is 22.9 Å². The highest BCUT2D eigenvalue weighted by Crippen LogP contribution is 2.41. The summed E-state index contributed by atoms with van der Waals surface area (Å²) in [5.74, 6) is -1.55. The Bertz CT molecular complexity index is 1110. The second-order valence-electron chi connectivity index (χ2n) is 9.06. The molecule has 0 bridgehead atoms. The van der Waals surface area contributed by atoms with E-state index < -0.39 is 11.8 Å². The predicted molar refractivity (Wildman–Crippen MR) is 125 cm³/mol. The van der Waals surface area contributed by atoms with Crippen LogP contribution in [0.4, 0.5) is 14.6 Å². The lowest BCUT2D eigenvalue weighted by Gasteiger charge is -2.19. The molecule has 1 aliphatic heterocycles. The van der Waals surface area contributed by atoms with Gasteiger partial charge < -0.3 is 9.64 Å². The summed E-state index contributed by atoms with van der Waals surface area (Å²) in [7, 11) is 0. The lowest BCUT2D eigenvalue weighted by atomic mass is 10.1. The minimum atomic E-state index is -2.68. The third kappa shape index (κ3) is 4.82. The molecule has 0 N–H and O–H groups in total. The Hall–Kier alpha value is -2.88. The number of hydrogen-bond acceptors (Lipinski definition) is 6. The molecule has 5 rings (SSSR count). The summed E-state index contributed by atoms with van der Waals surface area (Å²) >= 11 is 0. The average molecular weight is 472 g/mol. The molecule has 1 atom stereocenters. The van der Waals surface area contributed by atoms with Gasteiger partial charge in [-0.2, -0.15) is 5.10 Å². The van der Waals surface area contributed by atoms with Gasteiger partial charge >= 0.3 is 0 Å². The average Bonchev–Trinajstić information content (AvgIpc) is 3.62. The SMILES string of the molecule is CCOCCn1cc(-c2nc(-c3cccc(N4CCCC4)n3)nn2CC2CCCC2(F)F)cn1. The number of rotatable bonds is 9. The Balaban J connectivity index is 1.47. The highest BCUT2D eigenvalue weighted by Gasteiger charge is 2.44. The largest absolute Gasteiger partial charge is 0.380 e. The minimum absolute atomic E-state index is 0.0661. The Labute approximate surface area is 198 Å². The van der Waals surface area contributed by atoms with Crippen LogP contribution in [0, 0.1) is 5.92 Å². The molecule has 3 aromatic rings. The van der Waals surface area contributed by atoms with Crippen LogP contribution < -0.4 is 4.90 Å². The summed E-state index contributed by atoms with van der Waals surface area (Å²) in [5.41, 5.74) is 1.39. The van der Waals surface area contributed by atoms with E-state index in [1.807, 2.05) is 31.3 Å². The normalized spacial score (nSPS) is 19.9. The van der Waals surface area contributed by atoms with Crippen LogP contribution >= 0.6 is 0 Å². The van der Waals surface area contributed by atoms with E-state index in [0.717, 1.165) is 37.3 Å². The molecule has 0 amide bonds. The Morgan fingerprint density at radius 1 is 1.15 bits per heavy atom. The van der Waals surface area contributed by atoms with Crippen molar-refractivity contribution in [3.8, 4) is 22.9 Å². The van der Waals surface area contributed by atoms with Gasteiger partial charge in [0, 0.05) is 38.2 Å². The summed E-state index contributed by atoms with van der Waals surface area (Å²) in [4.78, 5) is 11.8. The second kappa shape index (κ2) is 9.77. The second-order valence-corrected chi connectivity index (χ2v) is 9.06. The quantitative estimate of drug-likeness (QED) is 0.434. The summed E-state index contributed by atoms with van der Waals surface area (Å²) in [6.07, 6.45) is 6.84. The molecule has 0 spiro atoms. The van der Waals surface area contributed by atoms with Gasteiger partial charge in [-0.15, -0.1) is 5.10 Å². The minimum Gasteiger partial charge on any atom is -0.380 e. The molecule has 0 radical (unpaired) electrons. The first-order valence-electron chi connectivity index (χ1n) is 12.2. The van der Waals surface area contributed by atoms with Gasteiger partial charge in [-0.3, -0.25) is 4.68 Å². The topological polar surface area (TPSA) is 73.9 Å². The molecule has 0 aromatic carbocycles. The van der Waals surface area contributed by atoms with Crippen molar-refractivity contribution >= 4 is 5.82 Å². The number of ether oxygens (including phenoxy) is 1. The van der Waals surface area contributed by atoms with Crippen molar-refractivity contribution in [1.29, 1.82) is 0 Å². The zero-order valence-corrected chi connectivity index (χ0v) is 19.5. The van der Waals surface area contributed by atoms with Crippen LogP contribution in [-0.4, -0.2) is 61.8 Å². The van der Waals surface area contributed by atoms with Crippen molar-refractivity contribution in [1.82, 2.24) is 29.5 Å². The van der Waals surface area contributed by atoms with Crippen molar-refractivity contribution in [2.75, 3.05) is 31.2 Å². The molecular formula is C24H31F2N7O. The van der Waals surface area contributed by atoms with E-state index in [1.165, 1.54) is 0 Å². The molecule has 3 aromatic heterocycles. The van der Waals surface area contributed by atoms with Gasteiger partial charge in [-0.25, -0.2) is 23.4 Å². The number of hydrogen-bond donors (Lipinski definition) is 0. The van der Waals surface area contributed by atoms with Crippen molar-refractivity contribution < 1.29 is 13.5 Å². The number of pyridine rings is 1. The molecular weight excluding hydrogens is 440 g/mol. The molecule has 8 nitrogen and oxygen atoms in total. The maximum absolute atomic E-state index is 14.5. The summed E-state index contributed by atoms with van der Waals surface area (Å²) < 4.78 is 37.7. The van der Waals surface area contributed by atoms with Gasteiger partial charge in [0.1, 0.15) is 11.5 Å². The molecule has 2 aliphatic rings. The first-order chi connectivity index (χ1) is 16.5. The fourth-order valence-electron chi connectivity index (χ4n) is 4.80. The first kappa shape index (κ1) is 22.9. The van der Waals surface area contributed by atoms with Gasteiger partial charge in [0.05, 0.1) is 31.5 Å². The van der Waals surface area contributed by atoms with Crippen LogP contribution in [0.1, 0.15) is 39.0 Å². The molecule has 182 valence electrons. The van der Waals surface area contributed by atoms with Gasteiger partial charge in [-0.05, 0) is 44.7 Å². The molecule has 4 heterocycles. The third-order valence-electron chi connectivity index (χ3n) is 6.68. The van der Waals surface area contributed by atoms with Crippen LogP contribution in [0.2, 0.25) is 0 Å². The van der Waals surface area contributed by atoms with Gasteiger partial charge in [0.25, 0.3) is 5.92 Å². The fraction of sp³-hybridized carbons (Fsp3) is 0.583. The van der Waals surface area contributed by atoms with Gasteiger partial charge in [0.15, 0.2) is 11.6 Å². The van der Waals surface area contributed by atoms with Crippen molar-refractivity contribution in [2.45, 2.75) is 58.0 Å². The number of nitrogens with zero attached hydrogens (tertiary/aromatic N) is 7. The Kier molecular flexibility index (Phi) is 6.58. The standard InChI is InChI=1S/C24H31F2N7O/c1-2-34-14-13-32-16-18(15-27-32)23-29-22(30-33(23)17-19-7-6-10-24(19,25)26)20-8-5-9-21(28-20)31-11-3-4-12-31/h5,8-9,15-16,19H,2-4,6-7,10-14,17H2,1H3.